The molecular weight excluding hydrogens is 313 g/mol. The van der Waals surface area contributed by atoms with Crippen LogP contribution in [0, 0.1) is 0 Å². The summed E-state index contributed by atoms with van der Waals surface area (Å²) in [7, 11) is 0. The number of allylic oxidation sites excluding steroid dienone is 1. The fraction of sp³-hybridized carbons (Fsp3) is 0.182. The van der Waals surface area contributed by atoms with Gasteiger partial charge in [0.25, 0.3) is 5.91 Å². The van der Waals surface area contributed by atoms with Gasteiger partial charge in [-0.15, -0.1) is 11.6 Å². The van der Waals surface area contributed by atoms with Crippen molar-refractivity contribution in [3.05, 3.63) is 45.4 Å². The standard InChI is InChI=1S/C11H10BrCl2NO/c12-9-5-3-4-8(10(9)14)11(16)15-7-2-1-6-13/h1-5H,6-7H2,(H,15,16)/b2-1+. The quantitative estimate of drug-likeness (QED) is 0.665. The van der Waals surface area contributed by atoms with Crippen LogP contribution in [-0.2, 0) is 0 Å². The molecule has 0 saturated heterocycles. The highest BCUT2D eigenvalue weighted by atomic mass is 79.9. The molecule has 1 aromatic carbocycles. The molecule has 0 saturated carbocycles. The second-order valence-corrected chi connectivity index (χ2v) is 4.48. The lowest BCUT2D eigenvalue weighted by Crippen LogP contribution is -2.23. The molecule has 0 aliphatic heterocycles. The Morgan fingerprint density at radius 2 is 2.19 bits per heavy atom. The zero-order chi connectivity index (χ0) is 12.0. The van der Waals surface area contributed by atoms with E-state index in [-0.39, 0.29) is 5.91 Å². The summed E-state index contributed by atoms with van der Waals surface area (Å²) in [5.41, 5.74) is 0.454. The average molecular weight is 323 g/mol. The number of benzene rings is 1. The van der Waals surface area contributed by atoms with Crippen LogP contribution in [0.2, 0.25) is 5.02 Å². The molecule has 1 rings (SSSR count). The summed E-state index contributed by atoms with van der Waals surface area (Å²) in [4.78, 5) is 11.7. The number of carbonyl (C=O) groups is 1. The van der Waals surface area contributed by atoms with Crippen LogP contribution in [0.5, 0.6) is 0 Å². The largest absolute Gasteiger partial charge is 0.349 e. The van der Waals surface area contributed by atoms with Crippen molar-refractivity contribution in [2.75, 3.05) is 12.4 Å². The fourth-order valence-electron chi connectivity index (χ4n) is 1.07. The van der Waals surface area contributed by atoms with E-state index in [0.717, 1.165) is 0 Å². The first-order valence-corrected chi connectivity index (χ1v) is 6.30. The van der Waals surface area contributed by atoms with Gasteiger partial charge in [-0.25, -0.2) is 0 Å². The van der Waals surface area contributed by atoms with Crippen molar-refractivity contribution in [3.63, 3.8) is 0 Å². The van der Waals surface area contributed by atoms with Crippen molar-refractivity contribution in [2.24, 2.45) is 0 Å². The van der Waals surface area contributed by atoms with Gasteiger partial charge in [-0.2, -0.15) is 0 Å². The minimum atomic E-state index is -0.203. The number of carbonyl (C=O) groups excluding carboxylic acids is 1. The Balaban J connectivity index is 2.66. The smallest absolute Gasteiger partial charge is 0.253 e. The van der Waals surface area contributed by atoms with E-state index >= 15 is 0 Å². The Labute approximate surface area is 113 Å². The molecule has 0 aliphatic carbocycles. The number of hydrogen-bond acceptors (Lipinski definition) is 1. The van der Waals surface area contributed by atoms with E-state index in [4.69, 9.17) is 23.2 Å². The van der Waals surface area contributed by atoms with Crippen LogP contribution >= 0.6 is 39.1 Å². The van der Waals surface area contributed by atoms with Crippen molar-refractivity contribution < 1.29 is 4.79 Å². The van der Waals surface area contributed by atoms with E-state index in [1.54, 1.807) is 30.4 Å². The van der Waals surface area contributed by atoms with E-state index in [9.17, 15) is 4.79 Å². The predicted octanol–water partition coefficient (Wildman–Crippen LogP) is 3.63. The van der Waals surface area contributed by atoms with Crippen molar-refractivity contribution in [3.8, 4) is 0 Å². The van der Waals surface area contributed by atoms with Gasteiger partial charge in [-0.3, -0.25) is 4.79 Å². The molecule has 0 spiro atoms. The van der Waals surface area contributed by atoms with E-state index in [0.29, 0.717) is 27.5 Å². The van der Waals surface area contributed by atoms with Gasteiger partial charge in [0.2, 0.25) is 0 Å². The lowest BCUT2D eigenvalue weighted by molar-refractivity contribution is 0.0958. The highest BCUT2D eigenvalue weighted by molar-refractivity contribution is 9.10. The monoisotopic (exact) mass is 321 g/mol. The summed E-state index contributed by atoms with van der Waals surface area (Å²) < 4.78 is 0.707. The van der Waals surface area contributed by atoms with Crippen LogP contribution in [0.25, 0.3) is 0 Å². The predicted molar refractivity (Wildman–Crippen MR) is 71.3 cm³/mol. The summed E-state index contributed by atoms with van der Waals surface area (Å²) in [6, 6.07) is 5.22. The van der Waals surface area contributed by atoms with Crippen LogP contribution in [0.15, 0.2) is 34.8 Å². The first-order valence-electron chi connectivity index (χ1n) is 4.60. The van der Waals surface area contributed by atoms with Gasteiger partial charge in [0, 0.05) is 16.9 Å². The molecule has 0 radical (unpaired) electrons. The Morgan fingerprint density at radius 3 is 2.88 bits per heavy atom. The van der Waals surface area contributed by atoms with Gasteiger partial charge in [-0.05, 0) is 28.1 Å². The molecule has 1 amide bonds. The normalized spacial score (nSPS) is 10.7. The van der Waals surface area contributed by atoms with Gasteiger partial charge in [0.1, 0.15) is 0 Å². The second-order valence-electron chi connectivity index (χ2n) is 2.94. The molecule has 0 aliphatic rings. The van der Waals surface area contributed by atoms with Gasteiger partial charge in [0.15, 0.2) is 0 Å². The van der Waals surface area contributed by atoms with Crippen LogP contribution in [0.4, 0.5) is 0 Å². The summed E-state index contributed by atoms with van der Waals surface area (Å²) in [6.45, 7) is 0.439. The van der Waals surface area contributed by atoms with Crippen LogP contribution < -0.4 is 5.32 Å². The van der Waals surface area contributed by atoms with E-state index in [2.05, 4.69) is 21.2 Å². The number of nitrogens with one attached hydrogen (secondary N) is 1. The van der Waals surface area contributed by atoms with Gasteiger partial charge in [-0.1, -0.05) is 29.8 Å². The molecule has 0 heterocycles. The summed E-state index contributed by atoms with van der Waals surface area (Å²) in [5.74, 6) is 0.235. The van der Waals surface area contributed by atoms with Crippen molar-refractivity contribution in [1.82, 2.24) is 5.32 Å². The topological polar surface area (TPSA) is 29.1 Å². The molecule has 16 heavy (non-hydrogen) atoms. The number of alkyl halides is 1. The molecule has 0 unspecified atom stereocenters. The maximum Gasteiger partial charge on any atom is 0.253 e. The third-order valence-electron chi connectivity index (χ3n) is 1.83. The Morgan fingerprint density at radius 1 is 1.44 bits per heavy atom. The molecule has 5 heteroatoms. The fourth-order valence-corrected chi connectivity index (χ4v) is 1.78. The van der Waals surface area contributed by atoms with Gasteiger partial charge < -0.3 is 5.32 Å². The average Bonchev–Trinajstić information content (AvgIpc) is 2.28. The first-order chi connectivity index (χ1) is 7.66. The molecule has 0 bridgehead atoms. The summed E-state index contributed by atoms with van der Waals surface area (Å²) >= 11 is 14.7. The Bertz CT molecular complexity index is 407. The third-order valence-corrected chi connectivity index (χ3v) is 3.31. The van der Waals surface area contributed by atoms with Crippen molar-refractivity contribution in [2.45, 2.75) is 0 Å². The summed E-state index contributed by atoms with van der Waals surface area (Å²) in [5, 5.41) is 3.13. The molecule has 2 nitrogen and oxygen atoms in total. The Kier molecular flexibility index (Phi) is 5.88. The van der Waals surface area contributed by atoms with Crippen molar-refractivity contribution in [1.29, 1.82) is 0 Å². The SMILES string of the molecule is O=C(NC/C=C/CCl)c1cccc(Br)c1Cl. The van der Waals surface area contributed by atoms with Crippen molar-refractivity contribution >= 4 is 45.0 Å². The highest BCUT2D eigenvalue weighted by Crippen LogP contribution is 2.25. The maximum atomic E-state index is 11.7. The number of hydrogen-bond donors (Lipinski definition) is 1. The zero-order valence-electron chi connectivity index (χ0n) is 8.34. The Hall–Kier alpha value is -0.510. The molecule has 0 fully saturated rings. The van der Waals surface area contributed by atoms with Crippen LogP contribution in [0.3, 0.4) is 0 Å². The molecule has 86 valence electrons. The maximum absolute atomic E-state index is 11.7. The first kappa shape index (κ1) is 13.6. The number of rotatable bonds is 4. The number of halogens is 3. The zero-order valence-corrected chi connectivity index (χ0v) is 11.4. The van der Waals surface area contributed by atoms with Gasteiger partial charge in [0.05, 0.1) is 10.6 Å². The molecule has 1 aromatic rings. The molecular formula is C11H10BrCl2NO. The number of amides is 1. The van der Waals surface area contributed by atoms with Crippen LogP contribution in [0.1, 0.15) is 10.4 Å². The molecule has 1 N–H and O–H groups in total. The highest BCUT2D eigenvalue weighted by Gasteiger charge is 2.10. The minimum Gasteiger partial charge on any atom is -0.349 e. The minimum absolute atomic E-state index is 0.203. The lowest BCUT2D eigenvalue weighted by Gasteiger charge is -2.05. The third kappa shape index (κ3) is 3.81. The van der Waals surface area contributed by atoms with E-state index < -0.39 is 0 Å². The van der Waals surface area contributed by atoms with E-state index in [1.165, 1.54) is 0 Å². The van der Waals surface area contributed by atoms with E-state index in [1.807, 2.05) is 0 Å². The van der Waals surface area contributed by atoms with Gasteiger partial charge >= 0.3 is 0 Å². The molecule has 0 aromatic heterocycles. The second kappa shape index (κ2) is 6.94. The summed E-state index contributed by atoms with van der Waals surface area (Å²) in [6.07, 6.45) is 3.56. The molecule has 0 atom stereocenters. The lowest BCUT2D eigenvalue weighted by atomic mass is 10.2. The van der Waals surface area contributed by atoms with Crippen LogP contribution in [-0.4, -0.2) is 18.3 Å².